The topological polar surface area (TPSA) is 0 Å². The third-order valence-electron chi connectivity index (χ3n) is 10.6. The fraction of sp³-hybridized carbons (Fsp3) is 0.0222. The van der Waals surface area contributed by atoms with Crippen LogP contribution in [0.1, 0.15) is 22.3 Å². The summed E-state index contributed by atoms with van der Waals surface area (Å²) in [6, 6.07) is 59.4. The maximum Gasteiger partial charge on any atom is 0.0725 e. The third-order valence-corrected chi connectivity index (χ3v) is 11.8. The zero-order valence-electron chi connectivity index (χ0n) is 24.9. The second-order valence-electron chi connectivity index (χ2n) is 12.8. The summed E-state index contributed by atoms with van der Waals surface area (Å²) in [5.74, 6) is 0. The summed E-state index contributed by atoms with van der Waals surface area (Å²) in [6.45, 7) is 0. The van der Waals surface area contributed by atoms with E-state index in [0.29, 0.717) is 0 Å². The Morgan fingerprint density at radius 2 is 0.978 bits per heavy atom. The molecule has 3 aliphatic rings. The molecule has 0 saturated carbocycles. The molecule has 0 saturated heterocycles. The molecule has 0 fully saturated rings. The van der Waals surface area contributed by atoms with Crippen LogP contribution in [-0.4, -0.2) is 0 Å². The van der Waals surface area contributed by atoms with Crippen molar-refractivity contribution >= 4 is 33.3 Å². The molecule has 11 rings (SSSR count). The highest BCUT2D eigenvalue weighted by Gasteiger charge is 2.52. The summed E-state index contributed by atoms with van der Waals surface area (Å²) in [4.78, 5) is 2.67. The molecular formula is C45H26S. The van der Waals surface area contributed by atoms with Gasteiger partial charge in [0, 0.05) is 15.2 Å². The first-order valence-electron chi connectivity index (χ1n) is 16.0. The summed E-state index contributed by atoms with van der Waals surface area (Å²) in [6.07, 6.45) is 0. The first-order chi connectivity index (χ1) is 22.8. The monoisotopic (exact) mass is 598 g/mol. The Morgan fingerprint density at radius 1 is 0.370 bits per heavy atom. The lowest BCUT2D eigenvalue weighted by Crippen LogP contribution is -2.25. The van der Waals surface area contributed by atoms with Gasteiger partial charge in [-0.1, -0.05) is 145 Å². The molecular weight excluding hydrogens is 573 g/mol. The molecule has 1 spiro atoms. The van der Waals surface area contributed by atoms with Crippen molar-refractivity contribution in [1.82, 2.24) is 0 Å². The number of rotatable bonds is 1. The Labute approximate surface area is 272 Å². The van der Waals surface area contributed by atoms with Crippen LogP contribution in [0.2, 0.25) is 0 Å². The third kappa shape index (κ3) is 2.97. The zero-order chi connectivity index (χ0) is 30.0. The molecule has 0 N–H and O–H groups in total. The van der Waals surface area contributed by atoms with E-state index in [1.807, 2.05) is 11.8 Å². The van der Waals surface area contributed by atoms with E-state index >= 15 is 0 Å². The van der Waals surface area contributed by atoms with Gasteiger partial charge >= 0.3 is 0 Å². The molecule has 1 heteroatoms. The number of benzene rings is 8. The Balaban J connectivity index is 1.26. The van der Waals surface area contributed by atoms with E-state index in [-0.39, 0.29) is 5.41 Å². The number of hydrogen-bond acceptors (Lipinski definition) is 1. The van der Waals surface area contributed by atoms with Crippen molar-refractivity contribution in [3.63, 3.8) is 0 Å². The van der Waals surface area contributed by atoms with Gasteiger partial charge in [0.25, 0.3) is 0 Å². The minimum atomic E-state index is -0.376. The quantitative estimate of drug-likeness (QED) is 0.181. The molecule has 1 unspecified atom stereocenters. The highest BCUT2D eigenvalue weighted by atomic mass is 32.2. The first-order valence-corrected chi connectivity index (χ1v) is 16.8. The summed E-state index contributed by atoms with van der Waals surface area (Å²) >= 11 is 1.89. The van der Waals surface area contributed by atoms with Gasteiger partial charge in [0.05, 0.1) is 5.41 Å². The van der Waals surface area contributed by atoms with Crippen LogP contribution in [0.4, 0.5) is 0 Å². The lowest BCUT2D eigenvalue weighted by atomic mass is 9.70. The van der Waals surface area contributed by atoms with Gasteiger partial charge in [0.2, 0.25) is 0 Å². The largest absolute Gasteiger partial charge is 0.0888 e. The van der Waals surface area contributed by atoms with Crippen LogP contribution in [0.25, 0.3) is 66.1 Å². The Morgan fingerprint density at radius 3 is 1.85 bits per heavy atom. The molecule has 212 valence electrons. The van der Waals surface area contributed by atoms with Crippen molar-refractivity contribution in [1.29, 1.82) is 0 Å². The van der Waals surface area contributed by atoms with Crippen LogP contribution in [0.5, 0.6) is 0 Å². The first kappa shape index (κ1) is 24.9. The van der Waals surface area contributed by atoms with Crippen molar-refractivity contribution in [2.45, 2.75) is 15.2 Å². The smallest absolute Gasteiger partial charge is 0.0725 e. The summed E-state index contributed by atoms with van der Waals surface area (Å²) in [5, 5.41) is 5.28. The van der Waals surface area contributed by atoms with Gasteiger partial charge in [0.15, 0.2) is 0 Å². The van der Waals surface area contributed by atoms with Crippen molar-refractivity contribution in [2.75, 3.05) is 0 Å². The molecule has 0 amide bonds. The minimum absolute atomic E-state index is 0.376. The van der Waals surface area contributed by atoms with Crippen molar-refractivity contribution in [3.05, 3.63) is 180 Å². The van der Waals surface area contributed by atoms with Gasteiger partial charge in [-0.25, -0.2) is 0 Å². The molecule has 2 aliphatic carbocycles. The van der Waals surface area contributed by atoms with E-state index in [1.54, 1.807) is 0 Å². The summed E-state index contributed by atoms with van der Waals surface area (Å²) in [7, 11) is 0. The van der Waals surface area contributed by atoms with Crippen LogP contribution < -0.4 is 0 Å². The summed E-state index contributed by atoms with van der Waals surface area (Å²) < 4.78 is 0. The Bertz CT molecular complexity index is 2630. The van der Waals surface area contributed by atoms with Crippen LogP contribution in [-0.2, 0) is 5.41 Å². The normalized spacial score (nSPS) is 16.3. The predicted octanol–water partition coefficient (Wildman–Crippen LogP) is 12.1. The highest BCUT2D eigenvalue weighted by Crippen LogP contribution is 2.65. The van der Waals surface area contributed by atoms with E-state index in [9.17, 15) is 0 Å². The van der Waals surface area contributed by atoms with Crippen LogP contribution >= 0.6 is 11.8 Å². The highest BCUT2D eigenvalue weighted by molar-refractivity contribution is 7.99. The van der Waals surface area contributed by atoms with E-state index in [1.165, 1.54) is 98.1 Å². The van der Waals surface area contributed by atoms with E-state index in [2.05, 4.69) is 158 Å². The van der Waals surface area contributed by atoms with E-state index in [4.69, 9.17) is 0 Å². The predicted molar refractivity (Wildman–Crippen MR) is 193 cm³/mol. The summed E-state index contributed by atoms with van der Waals surface area (Å²) in [5.41, 5.74) is 15.8. The van der Waals surface area contributed by atoms with Gasteiger partial charge in [-0.05, 0) is 107 Å². The van der Waals surface area contributed by atoms with Gasteiger partial charge in [-0.15, -0.1) is 0 Å². The molecule has 0 aromatic heterocycles. The number of fused-ring (bicyclic) bond motifs is 14. The average molecular weight is 599 g/mol. The van der Waals surface area contributed by atoms with Crippen molar-refractivity contribution < 1.29 is 0 Å². The molecule has 1 atom stereocenters. The molecule has 1 heterocycles. The molecule has 46 heavy (non-hydrogen) atoms. The van der Waals surface area contributed by atoms with E-state index < -0.39 is 0 Å². The van der Waals surface area contributed by atoms with Gasteiger partial charge in [-0.3, -0.25) is 0 Å². The molecule has 1 aliphatic heterocycles. The number of hydrogen-bond donors (Lipinski definition) is 0. The maximum atomic E-state index is 2.46. The average Bonchev–Trinajstić information content (AvgIpc) is 3.59. The zero-order valence-corrected chi connectivity index (χ0v) is 25.7. The Kier molecular flexibility index (Phi) is 4.80. The standard InChI is InChI=1S/C45H26S/c1-2-13-30-27(11-1)23-24-39-43(30)33-15-3-6-18-36(33)45(39)37-19-7-4-16-34(37)44-31(17-10-20-38(44)45)29-25-28-12-9-22-41-42(28)35(26-29)32-14-5-8-21-40(32)46-41/h1-26H. The lowest BCUT2D eigenvalue weighted by molar-refractivity contribution is 0.794. The molecule has 0 nitrogen and oxygen atoms in total. The second-order valence-corrected chi connectivity index (χ2v) is 13.8. The van der Waals surface area contributed by atoms with Gasteiger partial charge < -0.3 is 0 Å². The maximum absolute atomic E-state index is 2.46. The van der Waals surface area contributed by atoms with Crippen molar-refractivity contribution in [2.24, 2.45) is 0 Å². The van der Waals surface area contributed by atoms with Crippen LogP contribution in [0, 0.1) is 0 Å². The second kappa shape index (κ2) is 8.88. The van der Waals surface area contributed by atoms with Crippen LogP contribution in [0.15, 0.2) is 168 Å². The Hall–Kier alpha value is -5.37. The molecule has 0 bridgehead atoms. The van der Waals surface area contributed by atoms with E-state index in [0.717, 1.165) is 0 Å². The minimum Gasteiger partial charge on any atom is -0.0888 e. The fourth-order valence-electron chi connectivity index (χ4n) is 8.94. The molecule has 8 aromatic carbocycles. The van der Waals surface area contributed by atoms with Gasteiger partial charge in [-0.2, -0.15) is 0 Å². The fourth-order valence-corrected chi connectivity index (χ4v) is 10.1. The SMILES string of the molecule is c1ccc2c(c1)Sc1cccc3cc(-c4cccc5c4-c4ccccc4C54c5ccccc5-c5c4ccc4ccccc54)cc-2c13. The molecule has 0 radical (unpaired) electrons. The van der Waals surface area contributed by atoms with Gasteiger partial charge in [0.1, 0.15) is 0 Å². The molecule has 8 aromatic rings. The van der Waals surface area contributed by atoms with Crippen molar-refractivity contribution in [3.8, 4) is 44.5 Å². The lowest BCUT2D eigenvalue weighted by Gasteiger charge is -2.30. The van der Waals surface area contributed by atoms with Crippen LogP contribution in [0.3, 0.4) is 0 Å².